The van der Waals surface area contributed by atoms with Crippen molar-refractivity contribution in [1.29, 1.82) is 0 Å². The lowest BCUT2D eigenvalue weighted by Crippen LogP contribution is -2.49. The Balaban J connectivity index is 1.39. The van der Waals surface area contributed by atoms with Gasteiger partial charge in [0.2, 0.25) is 5.91 Å². The van der Waals surface area contributed by atoms with E-state index in [1.165, 1.54) is 37.0 Å². The van der Waals surface area contributed by atoms with Crippen LogP contribution in [0.25, 0.3) is 0 Å². The largest absolute Gasteiger partial charge is 0.342 e. The molecular weight excluding hydrogens is 368 g/mol. The van der Waals surface area contributed by atoms with E-state index in [0.717, 1.165) is 50.4 Å². The average molecular weight is 403 g/mol. The van der Waals surface area contributed by atoms with Crippen molar-refractivity contribution >= 4 is 23.2 Å². The number of amides is 2. The molecule has 2 atom stereocenters. The number of nitrogens with zero attached hydrogens (tertiary/aromatic N) is 2. The molecule has 0 N–H and O–H groups in total. The third kappa shape index (κ3) is 4.00. The molecule has 0 aromatic carbocycles. The molecule has 0 spiro atoms. The Morgan fingerprint density at radius 3 is 2.46 bits per heavy atom. The molecule has 2 saturated heterocycles. The van der Waals surface area contributed by atoms with E-state index in [1.807, 2.05) is 18.7 Å². The fourth-order valence-electron chi connectivity index (χ4n) is 5.47. The summed E-state index contributed by atoms with van der Waals surface area (Å²) in [4.78, 5) is 31.0. The molecule has 3 heterocycles. The maximum absolute atomic E-state index is 13.2. The lowest BCUT2D eigenvalue weighted by molar-refractivity contribution is -0.135. The monoisotopic (exact) mass is 402 g/mol. The predicted octanol–water partition coefficient (Wildman–Crippen LogP) is 4.90. The molecule has 2 aliphatic heterocycles. The van der Waals surface area contributed by atoms with Crippen LogP contribution in [0.4, 0.5) is 0 Å². The first-order valence-electron chi connectivity index (χ1n) is 11.2. The van der Waals surface area contributed by atoms with E-state index in [4.69, 9.17) is 0 Å². The van der Waals surface area contributed by atoms with Gasteiger partial charge in [0, 0.05) is 41.9 Å². The van der Waals surface area contributed by atoms with E-state index in [-0.39, 0.29) is 17.7 Å². The normalized spacial score (nSPS) is 26.4. The van der Waals surface area contributed by atoms with Gasteiger partial charge in [0.1, 0.15) is 0 Å². The van der Waals surface area contributed by atoms with Crippen LogP contribution < -0.4 is 0 Å². The summed E-state index contributed by atoms with van der Waals surface area (Å²) >= 11 is 1.74. The molecule has 28 heavy (non-hydrogen) atoms. The molecule has 2 amide bonds. The summed E-state index contributed by atoms with van der Waals surface area (Å²) < 4.78 is 0. The van der Waals surface area contributed by atoms with E-state index in [0.29, 0.717) is 12.0 Å². The minimum Gasteiger partial charge on any atom is -0.342 e. The maximum atomic E-state index is 13.2. The summed E-state index contributed by atoms with van der Waals surface area (Å²) in [6.07, 6.45) is 9.59. The summed E-state index contributed by atoms with van der Waals surface area (Å²) in [5, 5.41) is 2.08. The molecule has 0 radical (unpaired) electrons. The van der Waals surface area contributed by atoms with Crippen LogP contribution in [0.5, 0.6) is 0 Å². The third-order valence-corrected chi connectivity index (χ3v) is 8.17. The van der Waals surface area contributed by atoms with Gasteiger partial charge in [-0.3, -0.25) is 9.59 Å². The Kier molecular flexibility index (Phi) is 6.10. The number of thiophene rings is 1. The second-order valence-electron chi connectivity index (χ2n) is 9.24. The molecule has 154 valence electrons. The molecule has 1 aromatic heterocycles. The number of hydrogen-bond acceptors (Lipinski definition) is 3. The Labute approximate surface area is 173 Å². The molecule has 5 heteroatoms. The van der Waals surface area contributed by atoms with E-state index in [9.17, 15) is 9.59 Å². The number of piperidine rings is 2. The number of rotatable bonds is 3. The molecule has 3 aliphatic rings. The van der Waals surface area contributed by atoms with Crippen LogP contribution in [-0.2, 0) is 4.79 Å². The van der Waals surface area contributed by atoms with Crippen molar-refractivity contribution in [3.8, 4) is 0 Å². The van der Waals surface area contributed by atoms with Gasteiger partial charge in [-0.25, -0.2) is 0 Å². The predicted molar refractivity (Wildman–Crippen MR) is 114 cm³/mol. The quantitative estimate of drug-likeness (QED) is 0.721. The van der Waals surface area contributed by atoms with E-state index in [1.54, 1.807) is 11.3 Å². The zero-order chi connectivity index (χ0) is 19.7. The van der Waals surface area contributed by atoms with Crippen LogP contribution in [0, 0.1) is 11.8 Å². The summed E-state index contributed by atoms with van der Waals surface area (Å²) in [7, 11) is 0. The van der Waals surface area contributed by atoms with E-state index < -0.39 is 0 Å². The summed E-state index contributed by atoms with van der Waals surface area (Å²) in [5.41, 5.74) is 0.895. The average Bonchev–Trinajstić information content (AvgIpc) is 3.22. The maximum Gasteiger partial charge on any atom is 0.254 e. The molecule has 0 bridgehead atoms. The highest BCUT2D eigenvalue weighted by atomic mass is 32.1. The van der Waals surface area contributed by atoms with Gasteiger partial charge in [-0.15, -0.1) is 11.3 Å². The number of likely N-dealkylation sites (tertiary alicyclic amines) is 2. The molecular formula is C23H34N2O2S. The van der Waals surface area contributed by atoms with E-state index >= 15 is 0 Å². The van der Waals surface area contributed by atoms with Crippen LogP contribution >= 0.6 is 11.3 Å². The highest BCUT2D eigenvalue weighted by Crippen LogP contribution is 2.37. The Morgan fingerprint density at radius 2 is 1.71 bits per heavy atom. The van der Waals surface area contributed by atoms with Crippen molar-refractivity contribution < 1.29 is 9.59 Å². The molecule has 4 rings (SSSR count). The number of hydrogen-bond donors (Lipinski definition) is 0. The van der Waals surface area contributed by atoms with Crippen molar-refractivity contribution in [2.45, 2.75) is 77.2 Å². The van der Waals surface area contributed by atoms with Crippen LogP contribution in [0.1, 0.15) is 86.4 Å². The molecule has 2 unspecified atom stereocenters. The molecule has 4 nitrogen and oxygen atoms in total. The summed E-state index contributed by atoms with van der Waals surface area (Å²) in [6, 6.07) is 2.63. The highest BCUT2D eigenvalue weighted by Gasteiger charge is 2.36. The van der Waals surface area contributed by atoms with Crippen molar-refractivity contribution in [3.63, 3.8) is 0 Å². The van der Waals surface area contributed by atoms with Crippen molar-refractivity contribution in [1.82, 2.24) is 9.80 Å². The lowest BCUT2D eigenvalue weighted by atomic mass is 9.78. The summed E-state index contributed by atoms with van der Waals surface area (Å²) in [5.74, 6) is 1.83. The molecule has 1 aliphatic carbocycles. The Bertz CT molecular complexity index is 703. The van der Waals surface area contributed by atoms with Crippen LogP contribution in [-0.4, -0.2) is 47.3 Å². The Hall–Kier alpha value is -1.36. The van der Waals surface area contributed by atoms with Gasteiger partial charge < -0.3 is 9.80 Å². The van der Waals surface area contributed by atoms with Gasteiger partial charge in [-0.2, -0.15) is 0 Å². The van der Waals surface area contributed by atoms with Crippen LogP contribution in [0.15, 0.2) is 11.4 Å². The fourth-order valence-corrected chi connectivity index (χ4v) is 6.53. The SMILES string of the molecule is CC(C)C(=O)N1CCC(c2cc(C(=O)N3CCCC4CCCCC43)cs2)CC1. The second-order valence-corrected chi connectivity index (χ2v) is 10.2. The number of carbonyl (C=O) groups is 2. The van der Waals surface area contributed by atoms with E-state index in [2.05, 4.69) is 16.3 Å². The van der Waals surface area contributed by atoms with Crippen molar-refractivity contribution in [3.05, 3.63) is 21.9 Å². The van der Waals surface area contributed by atoms with Gasteiger partial charge in [-0.05, 0) is 56.4 Å². The van der Waals surface area contributed by atoms with Crippen LogP contribution in [0.3, 0.4) is 0 Å². The smallest absolute Gasteiger partial charge is 0.254 e. The topological polar surface area (TPSA) is 40.6 Å². The summed E-state index contributed by atoms with van der Waals surface area (Å²) in [6.45, 7) is 6.57. The van der Waals surface area contributed by atoms with Gasteiger partial charge in [0.25, 0.3) is 5.91 Å². The molecule has 1 aromatic rings. The number of fused-ring (bicyclic) bond motifs is 1. The van der Waals surface area contributed by atoms with Gasteiger partial charge >= 0.3 is 0 Å². The molecule has 3 fully saturated rings. The first-order valence-corrected chi connectivity index (χ1v) is 12.1. The Morgan fingerprint density at radius 1 is 1.00 bits per heavy atom. The number of carbonyl (C=O) groups excluding carboxylic acids is 2. The van der Waals surface area contributed by atoms with Gasteiger partial charge in [-0.1, -0.05) is 26.7 Å². The minimum absolute atomic E-state index is 0.0793. The van der Waals surface area contributed by atoms with Crippen molar-refractivity contribution in [2.24, 2.45) is 11.8 Å². The molecule has 1 saturated carbocycles. The zero-order valence-corrected chi connectivity index (χ0v) is 18.2. The highest BCUT2D eigenvalue weighted by molar-refractivity contribution is 7.10. The first kappa shape index (κ1) is 19.9. The van der Waals surface area contributed by atoms with Gasteiger partial charge in [0.05, 0.1) is 5.56 Å². The standard InChI is InChI=1S/C23H34N2O2S/c1-16(2)22(26)24-12-9-18(10-13-24)21-14-19(15-28-21)23(27)25-11-5-7-17-6-3-4-8-20(17)25/h14-18,20H,3-13H2,1-2H3. The third-order valence-electron chi connectivity index (χ3n) is 7.07. The lowest BCUT2D eigenvalue weighted by Gasteiger charge is -2.44. The fraction of sp³-hybridized carbons (Fsp3) is 0.739. The zero-order valence-electron chi connectivity index (χ0n) is 17.4. The van der Waals surface area contributed by atoms with Gasteiger partial charge in [0.15, 0.2) is 0 Å². The van der Waals surface area contributed by atoms with Crippen LogP contribution in [0.2, 0.25) is 0 Å². The first-order chi connectivity index (χ1) is 13.5. The minimum atomic E-state index is 0.0793. The second kappa shape index (κ2) is 8.56. The van der Waals surface area contributed by atoms with Crippen molar-refractivity contribution in [2.75, 3.05) is 19.6 Å².